The van der Waals surface area contributed by atoms with E-state index in [9.17, 15) is 47.0 Å². The highest BCUT2D eigenvalue weighted by molar-refractivity contribution is 7.93. The van der Waals surface area contributed by atoms with E-state index in [4.69, 9.17) is 14.2 Å². The number of carbonyl (C=O) groups excluding carboxylic acids is 9. The number of amides is 9. The lowest BCUT2D eigenvalue weighted by molar-refractivity contribution is -0.136. The molecule has 3 aromatic carbocycles. The largest absolute Gasteiger partial charge is 0.445 e. The van der Waals surface area contributed by atoms with Crippen molar-refractivity contribution in [2.45, 2.75) is 223 Å². The second-order valence-corrected chi connectivity index (χ2v) is 29.8. The highest BCUT2D eigenvalue weighted by atomic mass is 32.2. The fourth-order valence-electron chi connectivity index (χ4n) is 16.3. The van der Waals surface area contributed by atoms with Gasteiger partial charge in [0.1, 0.15) is 36.4 Å². The van der Waals surface area contributed by atoms with Crippen LogP contribution in [-0.4, -0.2) is 146 Å². The molecule has 9 rings (SSSR count). The van der Waals surface area contributed by atoms with Crippen molar-refractivity contribution < 1.29 is 61.2 Å². The Kier molecular flexibility index (Phi) is 28.0. The second kappa shape index (κ2) is 34.7. The summed E-state index contributed by atoms with van der Waals surface area (Å²) < 4.78 is 27.1. The number of benzene rings is 3. The van der Waals surface area contributed by atoms with Crippen LogP contribution in [0.3, 0.4) is 0 Å². The average Bonchev–Trinajstić information content (AvgIpc) is 1.59. The van der Waals surface area contributed by atoms with E-state index >= 15 is 0 Å². The summed E-state index contributed by atoms with van der Waals surface area (Å²) >= 11 is 0.250. The molecule has 99 heavy (non-hydrogen) atoms. The zero-order chi connectivity index (χ0) is 73.0. The molecular formula is C76H108FN9O12S. The third-order valence-electron chi connectivity index (χ3n) is 19.8. The number of rotatable bonds is 18. The van der Waals surface area contributed by atoms with Gasteiger partial charge in [0.05, 0.1) is 0 Å². The predicted octanol–water partition coefficient (Wildman–Crippen LogP) is 11.9. The van der Waals surface area contributed by atoms with Crippen molar-refractivity contribution in [3.63, 3.8) is 0 Å². The Hall–Kier alpha value is -8.21. The van der Waals surface area contributed by atoms with Crippen LogP contribution in [0.5, 0.6) is 0 Å². The molecule has 3 aliphatic heterocycles. The van der Waals surface area contributed by atoms with Gasteiger partial charge in [0.15, 0.2) is 0 Å². The van der Waals surface area contributed by atoms with E-state index in [1.54, 1.807) is 40.0 Å². The molecule has 21 nitrogen and oxygen atoms in total. The van der Waals surface area contributed by atoms with Crippen molar-refractivity contribution in [1.82, 2.24) is 46.6 Å². The van der Waals surface area contributed by atoms with Crippen molar-refractivity contribution in [3.8, 4) is 0 Å². The number of carbonyl (C=O) groups is 9. The summed E-state index contributed by atoms with van der Waals surface area (Å²) in [4.78, 5) is 122. The molecule has 0 bridgehead atoms. The minimum Gasteiger partial charge on any atom is -0.445 e. The average molecular weight is 1390 g/mol. The second-order valence-electron chi connectivity index (χ2n) is 29.5. The minimum atomic E-state index is -1.12. The van der Waals surface area contributed by atoms with E-state index in [1.807, 2.05) is 133 Å². The quantitative estimate of drug-likeness (QED) is 0.0512. The molecule has 3 saturated heterocycles. The molecule has 3 saturated carbocycles. The molecule has 6 fully saturated rings. The summed E-state index contributed by atoms with van der Waals surface area (Å²) in [7, 11) is 1.57. The molecule has 3 spiro atoms. The van der Waals surface area contributed by atoms with Crippen molar-refractivity contribution >= 4 is 65.9 Å². The van der Waals surface area contributed by atoms with Crippen LogP contribution in [0.1, 0.15) is 175 Å². The molecule has 9 atom stereocenters. The number of halogens is 1. The lowest BCUT2D eigenvalue weighted by Crippen LogP contribution is -2.64. The molecule has 23 heteroatoms. The molecule has 6 N–H and O–H groups in total. The summed E-state index contributed by atoms with van der Waals surface area (Å²) in [5.74, 6) is -1.94. The molecule has 0 aromatic heterocycles. The molecule has 3 aliphatic carbocycles. The third kappa shape index (κ3) is 19.8. The summed E-state index contributed by atoms with van der Waals surface area (Å²) in [6.07, 6.45) is 15.1. The Bertz CT molecular complexity index is 3170. The Balaban J connectivity index is 0.000000230. The van der Waals surface area contributed by atoms with Gasteiger partial charge in [-0.3, -0.25) is 28.8 Å². The van der Waals surface area contributed by atoms with E-state index in [-0.39, 0.29) is 103 Å². The van der Waals surface area contributed by atoms with Gasteiger partial charge in [0.25, 0.3) is 0 Å². The maximum Gasteiger partial charge on any atom is 0.410 e. The fraction of sp³-hybridized carbons (Fsp3) is 0.566. The topological polar surface area (TPSA) is 263 Å². The highest BCUT2D eigenvalue weighted by Gasteiger charge is 2.66. The number of hydrogen-bond acceptors (Lipinski definition) is 13. The first-order valence-electron chi connectivity index (χ1n) is 34.5. The van der Waals surface area contributed by atoms with E-state index < -0.39 is 44.3 Å². The molecule has 0 radical (unpaired) electrons. The molecule has 3 heterocycles. The number of nitrogens with zero attached hydrogens (tertiary/aromatic N) is 3. The molecular weight excluding hydrogens is 1280 g/mol. The summed E-state index contributed by atoms with van der Waals surface area (Å²) in [5.41, 5.74) is -3.05. The summed E-state index contributed by atoms with van der Waals surface area (Å²) in [6, 6.07) is 28.7. The minimum absolute atomic E-state index is 0.152. The number of likely N-dealkylation sites (N-methyl/N-ethyl adjacent to an activating group) is 1. The van der Waals surface area contributed by atoms with Crippen molar-refractivity contribution in [1.29, 1.82) is 0 Å². The van der Waals surface area contributed by atoms with Gasteiger partial charge in [0, 0.05) is 113 Å². The molecule has 3 aromatic rings. The number of hydrogen-bond donors (Lipinski definition) is 6. The number of ether oxygens (including phenoxy) is 3. The van der Waals surface area contributed by atoms with E-state index in [2.05, 4.69) is 51.6 Å². The van der Waals surface area contributed by atoms with Gasteiger partial charge in [-0.05, 0) is 153 Å². The summed E-state index contributed by atoms with van der Waals surface area (Å²) in [5, 5.41) is 17.8. The normalized spacial score (nSPS) is 26.4. The summed E-state index contributed by atoms with van der Waals surface area (Å²) in [6.45, 7) is 29.7. The lowest BCUT2D eigenvalue weighted by atomic mass is 9.82. The number of likely N-dealkylation sites (tertiary alicyclic amines) is 3. The van der Waals surface area contributed by atoms with Crippen LogP contribution < -0.4 is 31.9 Å². The maximum absolute atomic E-state index is 13.6. The Morgan fingerprint density at radius 1 is 0.485 bits per heavy atom. The first-order chi connectivity index (χ1) is 46.8. The molecule has 6 aliphatic rings. The Labute approximate surface area is 590 Å². The van der Waals surface area contributed by atoms with Gasteiger partial charge in [-0.15, -0.1) is 19.7 Å². The van der Waals surface area contributed by atoms with Crippen LogP contribution in [0.15, 0.2) is 129 Å². The fourth-order valence-corrected chi connectivity index (χ4v) is 16.3. The van der Waals surface area contributed by atoms with Crippen LogP contribution in [0.4, 0.5) is 18.3 Å². The first kappa shape index (κ1) is 79.8. The van der Waals surface area contributed by atoms with Gasteiger partial charge >= 0.3 is 18.3 Å². The van der Waals surface area contributed by atoms with Crippen LogP contribution in [0.25, 0.3) is 0 Å². The standard InChI is InChI=1S/2C26H37N3O4.C23H31N3O4.CH3FS/c2*1-6-11-21-16-25(18-26(21,27-19(2)30)22(31)28-24(3,4)5)14-10-15-29(25)23(32)33-17-20-12-8-7-9-13-20;1-4-9-19-14-22(16-23(19,20(28)24-3)25-17(2)27)12-8-13-26(22)21(29)30-15-18-10-6-5-7-11-18;1-3-2/h2*6-9,12-13,21H,1,10-11,14-18H2,2-5H3,(H,27,30)(H,28,31);4-7,10-11,19H,1,8-9,12-16H2,2-3H3,(H,24,28)(H,25,27);1H3. The highest BCUT2D eigenvalue weighted by Crippen LogP contribution is 2.55. The monoisotopic (exact) mass is 1390 g/mol. The van der Waals surface area contributed by atoms with E-state index in [0.29, 0.717) is 77.4 Å². The number of allylic oxidation sites excluding steroid dienone is 3. The smallest absolute Gasteiger partial charge is 0.410 e. The zero-order valence-electron chi connectivity index (χ0n) is 60.1. The van der Waals surface area contributed by atoms with Crippen molar-refractivity contribution in [2.24, 2.45) is 17.8 Å². The first-order valence-corrected chi connectivity index (χ1v) is 35.6. The lowest BCUT2D eigenvalue weighted by Gasteiger charge is -2.39. The van der Waals surface area contributed by atoms with Crippen LogP contribution in [-0.2, 0) is 62.8 Å². The molecule has 9 amide bonds. The molecule has 9 unspecified atom stereocenters. The zero-order valence-corrected chi connectivity index (χ0v) is 60.9. The SMILES string of the molecule is C=CCC1CC2(CCCN2C(=O)OCc2ccccc2)CC1(NC(C)=O)C(=O)NC.C=CCC1CC2(CCCN2C(=O)OCc2ccccc2)CC1(NC(C)=O)C(=O)NC(C)(C)C.C=CCC1CC2(CCCN2C(=O)OCc2ccccc2)CC1(NC(C)=O)C(=O)NC(C)(C)C.CSF. The van der Waals surface area contributed by atoms with Crippen molar-refractivity contribution in [2.75, 3.05) is 32.9 Å². The van der Waals surface area contributed by atoms with Crippen molar-refractivity contribution in [3.05, 3.63) is 146 Å². The van der Waals surface area contributed by atoms with Gasteiger partial charge < -0.3 is 60.8 Å². The van der Waals surface area contributed by atoms with Gasteiger partial charge in [0.2, 0.25) is 35.4 Å². The maximum atomic E-state index is 13.6. The van der Waals surface area contributed by atoms with Crippen LogP contribution in [0, 0.1) is 17.8 Å². The van der Waals surface area contributed by atoms with Gasteiger partial charge in [-0.2, -0.15) is 3.89 Å². The Morgan fingerprint density at radius 2 is 0.737 bits per heavy atom. The van der Waals surface area contributed by atoms with Crippen LogP contribution in [0.2, 0.25) is 0 Å². The van der Waals surface area contributed by atoms with Gasteiger partial charge in [-0.1, -0.05) is 109 Å². The predicted molar refractivity (Wildman–Crippen MR) is 383 cm³/mol. The molecule has 542 valence electrons. The van der Waals surface area contributed by atoms with E-state index in [1.165, 1.54) is 27.0 Å². The third-order valence-corrected chi connectivity index (χ3v) is 19.8. The van der Waals surface area contributed by atoms with E-state index in [0.717, 1.165) is 55.2 Å². The Morgan fingerprint density at radius 3 is 0.960 bits per heavy atom. The number of nitrogens with one attached hydrogen (secondary N) is 6. The van der Waals surface area contributed by atoms with Gasteiger partial charge in [-0.25, -0.2) is 14.4 Å². The van der Waals surface area contributed by atoms with Crippen LogP contribution >= 0.6 is 12.1 Å².